The lowest BCUT2D eigenvalue weighted by Crippen LogP contribution is -2.22. The molecule has 0 aliphatic carbocycles. The van der Waals surface area contributed by atoms with Crippen molar-refractivity contribution in [3.63, 3.8) is 0 Å². The molecule has 1 N–H and O–H groups in total. The van der Waals surface area contributed by atoms with E-state index in [4.69, 9.17) is 0 Å². The van der Waals surface area contributed by atoms with Gasteiger partial charge in [0.15, 0.2) is 0 Å². The zero-order valence-corrected chi connectivity index (χ0v) is 11.8. The second kappa shape index (κ2) is 6.66. The Morgan fingerprint density at radius 3 is 2.72 bits per heavy atom. The highest BCUT2D eigenvalue weighted by molar-refractivity contribution is 7.09. The maximum absolute atomic E-state index is 4.27. The zero-order chi connectivity index (χ0) is 12.8. The number of nitrogens with one attached hydrogen (secondary N) is 1. The van der Waals surface area contributed by atoms with E-state index in [2.05, 4.69) is 54.5 Å². The molecule has 1 atom stereocenters. The molecule has 1 heterocycles. The molecular weight excluding hydrogens is 240 g/mol. The van der Waals surface area contributed by atoms with Crippen molar-refractivity contribution in [2.24, 2.45) is 0 Å². The maximum Gasteiger partial charge on any atom is 0.0797 e. The largest absolute Gasteiger partial charge is 0.316 e. The summed E-state index contributed by atoms with van der Waals surface area (Å²) in [5.41, 5.74) is 4.51. The third kappa shape index (κ3) is 3.65. The van der Waals surface area contributed by atoms with Gasteiger partial charge in [-0.05, 0) is 24.8 Å². The van der Waals surface area contributed by atoms with Gasteiger partial charge in [-0.3, -0.25) is 0 Å². The lowest BCUT2D eigenvalue weighted by molar-refractivity contribution is 0.616. The number of hydrogen-bond donors (Lipinski definition) is 1. The van der Waals surface area contributed by atoms with Crippen LogP contribution in [0.25, 0.3) is 0 Å². The zero-order valence-electron chi connectivity index (χ0n) is 11.0. The van der Waals surface area contributed by atoms with Gasteiger partial charge in [0.1, 0.15) is 0 Å². The molecular formula is C15H20N2S. The molecule has 2 nitrogen and oxygen atoms in total. The number of nitrogens with zero attached hydrogens (tertiary/aromatic N) is 1. The van der Waals surface area contributed by atoms with Crippen molar-refractivity contribution in [3.8, 4) is 0 Å². The third-order valence-electron chi connectivity index (χ3n) is 3.19. The Hall–Kier alpha value is -1.19. The standard InChI is InChI=1S/C15H20N2S/c1-12(14-6-4-3-5-7-14)10-16-9-8-15-13(2)17-11-18-15/h3-7,11-12,16H,8-10H2,1-2H3. The Morgan fingerprint density at radius 1 is 1.28 bits per heavy atom. The Balaban J connectivity index is 1.71. The van der Waals surface area contributed by atoms with Crippen molar-refractivity contribution < 1.29 is 0 Å². The van der Waals surface area contributed by atoms with E-state index in [1.165, 1.54) is 16.1 Å². The number of aromatic nitrogens is 1. The molecule has 0 aliphatic rings. The molecule has 0 radical (unpaired) electrons. The monoisotopic (exact) mass is 260 g/mol. The van der Waals surface area contributed by atoms with Crippen LogP contribution in [0.1, 0.15) is 29.0 Å². The van der Waals surface area contributed by atoms with Crippen LogP contribution in [0.15, 0.2) is 35.8 Å². The molecule has 0 aliphatic heterocycles. The van der Waals surface area contributed by atoms with E-state index in [0.29, 0.717) is 5.92 Å². The Bertz CT molecular complexity index is 464. The number of thiazole rings is 1. The van der Waals surface area contributed by atoms with Crippen LogP contribution in [0.5, 0.6) is 0 Å². The molecule has 2 rings (SSSR count). The summed E-state index contributed by atoms with van der Waals surface area (Å²) in [5, 5.41) is 3.53. The van der Waals surface area contributed by atoms with Gasteiger partial charge in [-0.15, -0.1) is 11.3 Å². The van der Waals surface area contributed by atoms with Crippen molar-refractivity contribution in [3.05, 3.63) is 52.0 Å². The van der Waals surface area contributed by atoms with Crippen molar-refractivity contribution in [1.29, 1.82) is 0 Å². The van der Waals surface area contributed by atoms with E-state index in [9.17, 15) is 0 Å². The molecule has 0 amide bonds. The molecule has 0 spiro atoms. The molecule has 1 aromatic carbocycles. The van der Waals surface area contributed by atoms with Crippen molar-refractivity contribution in [1.82, 2.24) is 10.3 Å². The first-order valence-corrected chi connectivity index (χ1v) is 7.30. The minimum Gasteiger partial charge on any atom is -0.316 e. The van der Waals surface area contributed by atoms with Crippen LogP contribution in [0, 0.1) is 6.92 Å². The summed E-state index contributed by atoms with van der Waals surface area (Å²) in [6.45, 7) is 6.40. The Morgan fingerprint density at radius 2 is 2.06 bits per heavy atom. The lowest BCUT2D eigenvalue weighted by atomic mass is 10.0. The second-order valence-corrected chi connectivity index (χ2v) is 5.57. The summed E-state index contributed by atoms with van der Waals surface area (Å²) >= 11 is 1.75. The highest BCUT2D eigenvalue weighted by Gasteiger charge is 2.05. The van der Waals surface area contributed by atoms with Crippen molar-refractivity contribution >= 4 is 11.3 Å². The van der Waals surface area contributed by atoms with E-state index < -0.39 is 0 Å². The SMILES string of the molecule is Cc1ncsc1CCNCC(C)c1ccccc1. The molecule has 0 saturated carbocycles. The van der Waals surface area contributed by atoms with E-state index in [1.54, 1.807) is 11.3 Å². The molecule has 0 fully saturated rings. The minimum atomic E-state index is 0.564. The fourth-order valence-electron chi connectivity index (χ4n) is 1.99. The molecule has 96 valence electrons. The van der Waals surface area contributed by atoms with Gasteiger partial charge in [0.2, 0.25) is 0 Å². The van der Waals surface area contributed by atoms with Crippen molar-refractivity contribution in [2.75, 3.05) is 13.1 Å². The van der Waals surface area contributed by atoms with Crippen LogP contribution in [0.4, 0.5) is 0 Å². The molecule has 1 unspecified atom stereocenters. The van der Waals surface area contributed by atoms with Crippen LogP contribution in [0.2, 0.25) is 0 Å². The first-order chi connectivity index (χ1) is 8.77. The average molecular weight is 260 g/mol. The van der Waals surface area contributed by atoms with E-state index in [1.807, 2.05) is 5.51 Å². The minimum absolute atomic E-state index is 0.564. The van der Waals surface area contributed by atoms with Gasteiger partial charge in [0.05, 0.1) is 11.2 Å². The summed E-state index contributed by atoms with van der Waals surface area (Å²) in [5.74, 6) is 0.564. The van der Waals surface area contributed by atoms with Crippen LogP contribution in [-0.2, 0) is 6.42 Å². The predicted molar refractivity (Wildman–Crippen MR) is 78.3 cm³/mol. The number of hydrogen-bond acceptors (Lipinski definition) is 3. The quantitative estimate of drug-likeness (QED) is 0.805. The smallest absolute Gasteiger partial charge is 0.0797 e. The van der Waals surface area contributed by atoms with Crippen molar-refractivity contribution in [2.45, 2.75) is 26.2 Å². The van der Waals surface area contributed by atoms with E-state index in [-0.39, 0.29) is 0 Å². The molecule has 2 aromatic rings. The molecule has 1 aromatic heterocycles. The molecule has 0 saturated heterocycles. The topological polar surface area (TPSA) is 24.9 Å². The fourth-order valence-corrected chi connectivity index (χ4v) is 2.77. The third-order valence-corrected chi connectivity index (χ3v) is 4.19. The average Bonchev–Trinajstić information content (AvgIpc) is 2.81. The van der Waals surface area contributed by atoms with Gasteiger partial charge < -0.3 is 5.32 Å². The number of aryl methyl sites for hydroxylation is 1. The first-order valence-electron chi connectivity index (χ1n) is 6.42. The van der Waals surface area contributed by atoms with E-state index >= 15 is 0 Å². The van der Waals surface area contributed by atoms with Gasteiger partial charge in [-0.2, -0.15) is 0 Å². The molecule has 0 bridgehead atoms. The number of benzene rings is 1. The van der Waals surface area contributed by atoms with Gasteiger partial charge in [0, 0.05) is 18.0 Å². The molecule has 3 heteroatoms. The summed E-state index contributed by atoms with van der Waals surface area (Å²) in [7, 11) is 0. The summed E-state index contributed by atoms with van der Waals surface area (Å²) in [4.78, 5) is 5.67. The second-order valence-electron chi connectivity index (χ2n) is 4.63. The van der Waals surface area contributed by atoms with Gasteiger partial charge in [-0.25, -0.2) is 4.98 Å². The van der Waals surface area contributed by atoms with E-state index in [0.717, 1.165) is 19.5 Å². The lowest BCUT2D eigenvalue weighted by Gasteiger charge is -2.12. The first kappa shape index (κ1) is 13.2. The summed E-state index contributed by atoms with van der Waals surface area (Å²) in [6.07, 6.45) is 1.08. The van der Waals surface area contributed by atoms with Gasteiger partial charge >= 0.3 is 0 Å². The predicted octanol–water partition coefficient (Wildman–Crippen LogP) is 3.39. The fraction of sp³-hybridized carbons (Fsp3) is 0.400. The van der Waals surface area contributed by atoms with Crippen LogP contribution < -0.4 is 5.32 Å². The normalized spacial score (nSPS) is 12.6. The van der Waals surface area contributed by atoms with Gasteiger partial charge in [-0.1, -0.05) is 37.3 Å². The highest BCUT2D eigenvalue weighted by atomic mass is 32.1. The molecule has 18 heavy (non-hydrogen) atoms. The summed E-state index contributed by atoms with van der Waals surface area (Å²) in [6, 6.07) is 10.7. The van der Waals surface area contributed by atoms with Gasteiger partial charge in [0.25, 0.3) is 0 Å². The van der Waals surface area contributed by atoms with Crippen LogP contribution >= 0.6 is 11.3 Å². The van der Waals surface area contributed by atoms with Crippen LogP contribution in [0.3, 0.4) is 0 Å². The Labute approximate surface area is 113 Å². The maximum atomic E-state index is 4.27. The highest BCUT2D eigenvalue weighted by Crippen LogP contribution is 2.14. The summed E-state index contributed by atoms with van der Waals surface area (Å²) < 4.78 is 0. The number of rotatable bonds is 6. The van der Waals surface area contributed by atoms with Crippen LogP contribution in [-0.4, -0.2) is 18.1 Å². The Kier molecular flexibility index (Phi) is 4.90.